The summed E-state index contributed by atoms with van der Waals surface area (Å²) in [6.45, 7) is 0.981. The van der Waals surface area contributed by atoms with Crippen molar-refractivity contribution in [1.29, 1.82) is 0 Å². The van der Waals surface area contributed by atoms with E-state index in [1.165, 1.54) is 21.3 Å². The largest absolute Gasteiger partial charge is 0.508 e. The first kappa shape index (κ1) is 30.9. The summed E-state index contributed by atoms with van der Waals surface area (Å²) < 4.78 is 0. The third-order valence-electron chi connectivity index (χ3n) is 9.18. The van der Waals surface area contributed by atoms with E-state index in [1.54, 1.807) is 20.2 Å². The molecule has 238 valence electrons. The van der Waals surface area contributed by atoms with E-state index in [0.717, 1.165) is 17.7 Å². The lowest BCUT2D eigenvalue weighted by molar-refractivity contribution is -0.182. The Balaban J connectivity index is 1.49. The quantitative estimate of drug-likeness (QED) is 0.198. The Morgan fingerprint density at radius 3 is 2.60 bits per heavy atom. The molecule has 0 unspecified atom stereocenters. The molecule has 1 saturated carbocycles. The molecular weight excluding hydrogens is 604 g/mol. The van der Waals surface area contributed by atoms with Gasteiger partial charge in [0.15, 0.2) is 11.4 Å². The van der Waals surface area contributed by atoms with Crippen molar-refractivity contribution in [2.45, 2.75) is 37.3 Å². The molecule has 6 rings (SSSR count). The third-order valence-corrected chi connectivity index (χ3v) is 10.1. The molecule has 2 heterocycles. The van der Waals surface area contributed by atoms with Crippen LogP contribution in [0.25, 0.3) is 16.2 Å². The van der Waals surface area contributed by atoms with Gasteiger partial charge in [0.25, 0.3) is 5.91 Å². The van der Waals surface area contributed by atoms with Crippen LogP contribution in [-0.4, -0.2) is 99.2 Å². The van der Waals surface area contributed by atoms with Gasteiger partial charge >= 0.3 is 0 Å². The molecule has 3 aliphatic carbocycles. The zero-order chi connectivity index (χ0) is 32.4. The van der Waals surface area contributed by atoms with Crippen molar-refractivity contribution in [3.05, 3.63) is 51.6 Å². The molecule has 13 nitrogen and oxygen atoms in total. The van der Waals surface area contributed by atoms with Gasteiger partial charge in [-0.3, -0.25) is 28.9 Å². The molecule has 1 aromatic heterocycles. The highest BCUT2D eigenvalue weighted by Crippen LogP contribution is 2.55. The molecular formula is C31H34N4O9S. The van der Waals surface area contributed by atoms with E-state index in [-0.39, 0.29) is 36.2 Å². The van der Waals surface area contributed by atoms with Crippen LogP contribution in [0.1, 0.15) is 30.4 Å². The number of benzene rings is 1. The fraction of sp³-hybridized carbons (Fsp3) is 0.419. The number of thiophene rings is 1. The second-order valence-electron chi connectivity index (χ2n) is 12.1. The van der Waals surface area contributed by atoms with Crippen LogP contribution in [0.5, 0.6) is 5.75 Å². The number of phenols is 1. The summed E-state index contributed by atoms with van der Waals surface area (Å²) in [6.07, 6.45) is 1.87. The summed E-state index contributed by atoms with van der Waals surface area (Å²) in [7, 11) is 3.10. The number of nitrogens with two attached hydrogens (primary N) is 1. The van der Waals surface area contributed by atoms with Crippen LogP contribution in [0.3, 0.4) is 0 Å². The van der Waals surface area contributed by atoms with E-state index < -0.39 is 69.7 Å². The lowest BCUT2D eigenvalue weighted by Gasteiger charge is -2.50. The van der Waals surface area contributed by atoms with Crippen molar-refractivity contribution < 1.29 is 44.4 Å². The van der Waals surface area contributed by atoms with Gasteiger partial charge in [0.05, 0.1) is 23.9 Å². The van der Waals surface area contributed by atoms with Gasteiger partial charge in [-0.25, -0.2) is 0 Å². The fourth-order valence-corrected chi connectivity index (χ4v) is 7.95. The van der Waals surface area contributed by atoms with E-state index in [1.807, 2.05) is 17.5 Å². The van der Waals surface area contributed by atoms with Crippen LogP contribution in [0.4, 0.5) is 5.69 Å². The number of aliphatic hydroxyl groups is 3. The Kier molecular flexibility index (Phi) is 7.82. The lowest BCUT2D eigenvalue weighted by atomic mass is 9.57. The number of Topliss-reactive ketones (excluding diaryl/α,β-unsaturated/α-hetero) is 2. The van der Waals surface area contributed by atoms with Crippen molar-refractivity contribution in [3.8, 4) is 16.2 Å². The van der Waals surface area contributed by atoms with Crippen molar-refractivity contribution in [2.75, 3.05) is 39.1 Å². The Morgan fingerprint density at radius 1 is 1.22 bits per heavy atom. The number of carbonyl (C=O) groups is 4. The minimum Gasteiger partial charge on any atom is -0.508 e. The first-order valence-electron chi connectivity index (χ1n) is 14.6. The van der Waals surface area contributed by atoms with Crippen molar-refractivity contribution in [1.82, 2.24) is 9.96 Å². The van der Waals surface area contributed by atoms with Gasteiger partial charge in [-0.05, 0) is 74.3 Å². The number of nitrogens with one attached hydrogen (secondary N) is 1. The molecule has 2 amide bonds. The number of hydrogen-bond donors (Lipinski definition) is 6. The van der Waals surface area contributed by atoms with Crippen molar-refractivity contribution in [2.24, 2.45) is 17.6 Å². The van der Waals surface area contributed by atoms with Gasteiger partial charge in [-0.1, -0.05) is 6.07 Å². The van der Waals surface area contributed by atoms with Gasteiger partial charge in [-0.15, -0.1) is 11.3 Å². The second-order valence-corrected chi connectivity index (χ2v) is 13.0. The molecule has 1 saturated heterocycles. The average molecular weight is 639 g/mol. The number of ketones is 2. The van der Waals surface area contributed by atoms with Gasteiger partial charge < -0.3 is 31.5 Å². The zero-order valence-electron chi connectivity index (χ0n) is 24.7. The zero-order valence-corrected chi connectivity index (χ0v) is 25.5. The van der Waals surface area contributed by atoms with Crippen LogP contribution in [-0.2, 0) is 30.4 Å². The Morgan fingerprint density at radius 2 is 1.98 bits per heavy atom. The van der Waals surface area contributed by atoms with E-state index >= 15 is 0 Å². The van der Waals surface area contributed by atoms with Gasteiger partial charge in [0, 0.05) is 22.9 Å². The van der Waals surface area contributed by atoms with Gasteiger partial charge in [-0.2, -0.15) is 5.06 Å². The van der Waals surface area contributed by atoms with Gasteiger partial charge in [0.2, 0.25) is 11.7 Å². The molecule has 0 spiro atoms. The molecule has 14 heteroatoms. The SMILES string of the molecule is CN(C)[C@@H]1C(=O)C(C(N)=O)=C(O)[C@@]2(O)C(=O)C3=C(O)c4c(O)c(NC(=O)CN5CCCCO5)cc(-c5cccs5)c4C[C@H]3C[C@@H]12. The smallest absolute Gasteiger partial charge is 0.255 e. The normalized spacial score (nSPS) is 26.9. The second kappa shape index (κ2) is 11.4. The Hall–Kier alpha value is -4.08. The minimum absolute atomic E-state index is 0.000649. The molecule has 0 bridgehead atoms. The summed E-state index contributed by atoms with van der Waals surface area (Å²) in [5.74, 6) is -7.83. The van der Waals surface area contributed by atoms with Crippen LogP contribution in [0.2, 0.25) is 0 Å². The van der Waals surface area contributed by atoms with Gasteiger partial charge in [0.1, 0.15) is 29.4 Å². The van der Waals surface area contributed by atoms with Crippen LogP contribution in [0, 0.1) is 11.8 Å². The monoisotopic (exact) mass is 638 g/mol. The summed E-state index contributed by atoms with van der Waals surface area (Å²) in [5.41, 5.74) is 2.55. The van der Waals surface area contributed by atoms with E-state index in [0.29, 0.717) is 24.3 Å². The number of fused-ring (bicyclic) bond motifs is 3. The maximum absolute atomic E-state index is 14.2. The third kappa shape index (κ3) is 4.84. The molecule has 0 radical (unpaired) electrons. The maximum atomic E-state index is 14.2. The van der Waals surface area contributed by atoms with E-state index in [9.17, 15) is 39.6 Å². The number of amides is 2. The number of hydrogen-bond acceptors (Lipinski definition) is 12. The molecule has 7 N–H and O–H groups in total. The average Bonchev–Trinajstić information content (AvgIpc) is 3.51. The maximum Gasteiger partial charge on any atom is 0.255 e. The first-order chi connectivity index (χ1) is 21.4. The first-order valence-corrected chi connectivity index (χ1v) is 15.5. The standard InChI is InChI=1S/C31H34N4O9S/c1-34(2)24-17-11-14-10-16-15(19-6-5-9-45-19)12-18(33-20(36)13-35-7-3-4-8-44-35)25(37)22(16)26(38)21(14)28(40)31(17,43)29(41)23(27(24)39)30(32)42/h5-6,9,12,14,17,24,37-38,41,43H,3-4,7-8,10-11,13H2,1-2H3,(H2,32,42)(H,33,36)/t14-,17-,24-,31-/m0/s1. The molecule has 2 aromatic rings. The highest BCUT2D eigenvalue weighted by molar-refractivity contribution is 7.13. The number of likely N-dealkylation sites (N-methyl/N-ethyl adjacent to an activating group) is 1. The number of nitrogens with zero attached hydrogens (tertiary/aromatic N) is 2. The molecule has 4 atom stereocenters. The Bertz CT molecular complexity index is 1680. The van der Waals surface area contributed by atoms with Crippen molar-refractivity contribution in [3.63, 3.8) is 0 Å². The van der Waals surface area contributed by atoms with Crippen LogP contribution >= 0.6 is 11.3 Å². The summed E-state index contributed by atoms with van der Waals surface area (Å²) in [5, 5.41) is 52.2. The summed E-state index contributed by atoms with van der Waals surface area (Å²) in [6, 6.07) is 4.13. The number of phenolic OH excluding ortho intramolecular Hbond substituents is 1. The number of primary amides is 1. The predicted octanol–water partition coefficient (Wildman–Crippen LogP) is 1.66. The Labute approximate surface area is 262 Å². The number of aliphatic hydroxyl groups excluding tert-OH is 2. The molecule has 4 aliphatic rings. The lowest BCUT2D eigenvalue weighted by Crippen LogP contribution is -2.65. The molecule has 1 aromatic carbocycles. The molecule has 2 fully saturated rings. The highest BCUT2D eigenvalue weighted by Gasteiger charge is 2.64. The van der Waals surface area contributed by atoms with Crippen LogP contribution in [0.15, 0.2) is 40.5 Å². The van der Waals surface area contributed by atoms with E-state index in [4.69, 9.17) is 10.6 Å². The minimum atomic E-state index is -2.74. The molecule has 1 aliphatic heterocycles. The number of carbonyl (C=O) groups excluding carboxylic acids is 4. The highest BCUT2D eigenvalue weighted by atomic mass is 32.1. The topological polar surface area (TPSA) is 203 Å². The molecule has 45 heavy (non-hydrogen) atoms. The van der Waals surface area contributed by atoms with E-state index in [2.05, 4.69) is 5.32 Å². The summed E-state index contributed by atoms with van der Waals surface area (Å²) in [4.78, 5) is 60.5. The van der Waals surface area contributed by atoms with Crippen LogP contribution < -0.4 is 11.1 Å². The number of aromatic hydroxyl groups is 1. The number of anilines is 1. The number of rotatable bonds is 6. The fourth-order valence-electron chi connectivity index (χ4n) is 7.18. The summed E-state index contributed by atoms with van der Waals surface area (Å²) >= 11 is 1.41. The number of hydroxylamine groups is 2. The van der Waals surface area contributed by atoms with Crippen molar-refractivity contribution >= 4 is 46.2 Å². The predicted molar refractivity (Wildman–Crippen MR) is 163 cm³/mol.